The van der Waals surface area contributed by atoms with E-state index >= 15 is 0 Å². The van der Waals surface area contributed by atoms with Crippen molar-refractivity contribution in [2.75, 3.05) is 0 Å². The molecular weight excluding hydrogens is 288 g/mol. The van der Waals surface area contributed by atoms with Crippen molar-refractivity contribution in [1.82, 2.24) is 0 Å². The van der Waals surface area contributed by atoms with Crippen LogP contribution in [0.25, 0.3) is 0 Å². The molecule has 1 fully saturated rings. The quantitative estimate of drug-likeness (QED) is 0.711. The van der Waals surface area contributed by atoms with Crippen LogP contribution in [-0.4, -0.2) is 17.4 Å². The molecule has 5 atom stereocenters. The van der Waals surface area contributed by atoms with Gasteiger partial charge in [0.15, 0.2) is 0 Å². The summed E-state index contributed by atoms with van der Waals surface area (Å²) in [5.41, 5.74) is 1.21. The number of aliphatic carboxylic acids is 1. The number of carbonyl (C=O) groups excluding carboxylic acids is 1. The molecule has 1 saturated carbocycles. The Balaban J connectivity index is 2.19. The minimum Gasteiger partial charge on any atom is -0.481 e. The van der Waals surface area contributed by atoms with Crippen LogP contribution in [0.5, 0.6) is 0 Å². The summed E-state index contributed by atoms with van der Waals surface area (Å²) in [4.78, 5) is 22.5. The Labute approximate surface area is 140 Å². The van der Waals surface area contributed by atoms with Gasteiger partial charge in [0.25, 0.3) is 0 Å². The molecule has 130 valence electrons. The third-order valence-corrected chi connectivity index (χ3v) is 7.09. The summed E-state index contributed by atoms with van der Waals surface area (Å²) in [5, 5.41) is 8.99. The maximum Gasteiger partial charge on any atom is 0.303 e. The first-order valence-electron chi connectivity index (χ1n) is 9.11. The maximum absolute atomic E-state index is 11.6. The number of aldehydes is 1. The Morgan fingerprint density at radius 3 is 2.74 bits per heavy atom. The van der Waals surface area contributed by atoms with Crippen LogP contribution in [0.4, 0.5) is 0 Å². The molecular formula is C20H32O3. The van der Waals surface area contributed by atoms with E-state index in [0.29, 0.717) is 11.8 Å². The number of fused-ring (bicyclic) bond motifs is 1. The third kappa shape index (κ3) is 3.39. The van der Waals surface area contributed by atoms with E-state index in [-0.39, 0.29) is 23.2 Å². The molecule has 0 unspecified atom stereocenters. The molecule has 0 aromatic heterocycles. The number of rotatable bonds is 6. The Kier molecular flexibility index (Phi) is 5.37. The van der Waals surface area contributed by atoms with E-state index in [2.05, 4.69) is 26.8 Å². The average Bonchev–Trinajstić information content (AvgIpc) is 2.48. The lowest BCUT2D eigenvalue weighted by molar-refractivity contribution is -0.138. The van der Waals surface area contributed by atoms with Gasteiger partial charge in [-0.3, -0.25) is 9.59 Å². The Hall–Kier alpha value is -1.12. The maximum atomic E-state index is 11.6. The average molecular weight is 320 g/mol. The van der Waals surface area contributed by atoms with Gasteiger partial charge in [0.05, 0.1) is 0 Å². The van der Waals surface area contributed by atoms with Gasteiger partial charge >= 0.3 is 5.97 Å². The molecule has 0 radical (unpaired) electrons. The Morgan fingerprint density at radius 2 is 2.13 bits per heavy atom. The molecule has 1 N–H and O–H groups in total. The van der Waals surface area contributed by atoms with Crippen molar-refractivity contribution in [3.63, 3.8) is 0 Å². The molecule has 0 saturated heterocycles. The molecule has 3 nitrogen and oxygen atoms in total. The highest BCUT2D eigenvalue weighted by Gasteiger charge is 2.53. The highest BCUT2D eigenvalue weighted by atomic mass is 16.4. The fourth-order valence-electron chi connectivity index (χ4n) is 5.28. The fourth-order valence-corrected chi connectivity index (χ4v) is 5.28. The van der Waals surface area contributed by atoms with E-state index in [1.54, 1.807) is 0 Å². The van der Waals surface area contributed by atoms with Crippen molar-refractivity contribution in [2.24, 2.45) is 28.6 Å². The predicted octanol–water partition coefficient (Wildman–Crippen LogP) is 4.86. The topological polar surface area (TPSA) is 54.4 Å². The summed E-state index contributed by atoms with van der Waals surface area (Å²) in [6, 6.07) is 0. The van der Waals surface area contributed by atoms with Crippen LogP contribution in [0.3, 0.4) is 0 Å². The first-order valence-corrected chi connectivity index (χ1v) is 9.11. The summed E-state index contributed by atoms with van der Waals surface area (Å²) in [6.45, 7) is 9.06. The molecule has 0 aromatic rings. The normalized spacial score (nSPS) is 38.3. The van der Waals surface area contributed by atoms with E-state index in [9.17, 15) is 9.59 Å². The zero-order valence-electron chi connectivity index (χ0n) is 15.1. The van der Waals surface area contributed by atoms with Crippen LogP contribution < -0.4 is 0 Å². The van der Waals surface area contributed by atoms with E-state index in [1.807, 2.05) is 6.92 Å². The summed E-state index contributed by atoms with van der Waals surface area (Å²) in [7, 11) is 0. The second-order valence-corrected chi connectivity index (χ2v) is 8.51. The second-order valence-electron chi connectivity index (χ2n) is 8.51. The van der Waals surface area contributed by atoms with Crippen LogP contribution in [0, 0.1) is 28.6 Å². The minimum absolute atomic E-state index is 0.0112. The molecule has 0 aromatic carbocycles. The smallest absolute Gasteiger partial charge is 0.303 e. The zero-order chi connectivity index (χ0) is 17.3. The van der Waals surface area contributed by atoms with Gasteiger partial charge in [-0.15, -0.1) is 0 Å². The van der Waals surface area contributed by atoms with Gasteiger partial charge in [0.2, 0.25) is 0 Å². The lowest BCUT2D eigenvalue weighted by atomic mass is 9.47. The van der Waals surface area contributed by atoms with Crippen molar-refractivity contribution < 1.29 is 14.7 Å². The highest BCUT2D eigenvalue weighted by molar-refractivity contribution is 5.76. The predicted molar refractivity (Wildman–Crippen MR) is 92.1 cm³/mol. The Bertz CT molecular complexity index is 495. The van der Waals surface area contributed by atoms with Gasteiger partial charge in [-0.1, -0.05) is 33.8 Å². The Morgan fingerprint density at radius 1 is 1.43 bits per heavy atom. The fraction of sp³-hybridized carbons (Fsp3) is 0.800. The van der Waals surface area contributed by atoms with Crippen LogP contribution >= 0.6 is 0 Å². The van der Waals surface area contributed by atoms with Crippen LogP contribution in [0.1, 0.15) is 72.6 Å². The second kappa shape index (κ2) is 6.78. The first-order chi connectivity index (χ1) is 10.7. The number of hydrogen-bond acceptors (Lipinski definition) is 2. The van der Waals surface area contributed by atoms with Crippen LogP contribution in [0.2, 0.25) is 0 Å². The number of hydrogen-bond donors (Lipinski definition) is 1. The number of carboxylic acids is 1. The van der Waals surface area contributed by atoms with Crippen LogP contribution in [-0.2, 0) is 9.59 Å². The molecule has 3 heteroatoms. The molecule has 2 aliphatic rings. The van der Waals surface area contributed by atoms with Gasteiger partial charge in [-0.2, -0.15) is 0 Å². The van der Waals surface area contributed by atoms with Crippen molar-refractivity contribution >= 4 is 12.3 Å². The number of carbonyl (C=O) groups is 2. The summed E-state index contributed by atoms with van der Waals surface area (Å²) in [5.74, 6) is 0.673. The van der Waals surface area contributed by atoms with Crippen molar-refractivity contribution in [3.05, 3.63) is 11.6 Å². The van der Waals surface area contributed by atoms with Gasteiger partial charge < -0.3 is 5.11 Å². The molecule has 2 rings (SSSR count). The molecule has 2 aliphatic carbocycles. The van der Waals surface area contributed by atoms with Gasteiger partial charge in [-0.05, 0) is 72.7 Å². The summed E-state index contributed by atoms with van der Waals surface area (Å²) in [6.07, 6.45) is 9.91. The third-order valence-electron chi connectivity index (χ3n) is 7.09. The monoisotopic (exact) mass is 320 g/mol. The zero-order valence-corrected chi connectivity index (χ0v) is 15.1. The molecule has 0 heterocycles. The van der Waals surface area contributed by atoms with Gasteiger partial charge in [-0.25, -0.2) is 0 Å². The highest BCUT2D eigenvalue weighted by Crippen LogP contribution is 2.61. The lowest BCUT2D eigenvalue weighted by Gasteiger charge is -2.57. The molecule has 0 spiro atoms. The largest absolute Gasteiger partial charge is 0.481 e. The van der Waals surface area contributed by atoms with Crippen LogP contribution in [0.15, 0.2) is 11.6 Å². The van der Waals surface area contributed by atoms with E-state index in [4.69, 9.17) is 5.11 Å². The number of carboxylic acid groups (broad SMARTS) is 1. The summed E-state index contributed by atoms with van der Waals surface area (Å²) >= 11 is 0. The summed E-state index contributed by atoms with van der Waals surface area (Å²) < 4.78 is 0. The van der Waals surface area contributed by atoms with Gasteiger partial charge in [0.1, 0.15) is 6.29 Å². The minimum atomic E-state index is -0.701. The molecule has 0 bridgehead atoms. The number of allylic oxidation sites excluding steroid dienone is 2. The van der Waals surface area contributed by atoms with Crippen molar-refractivity contribution in [1.29, 1.82) is 0 Å². The molecule has 0 amide bonds. The lowest BCUT2D eigenvalue weighted by Crippen LogP contribution is -2.50. The van der Waals surface area contributed by atoms with Gasteiger partial charge in [0, 0.05) is 6.42 Å². The standard InChI is InChI=1S/C20H32O3/c1-14(12-18(22)23)8-10-19(3)15(2)9-11-20(4)16(13-21)6-5-7-17(19)20/h6,13-15,17H,5,7-12H2,1-4H3,(H,22,23)/t14-,15+,17-,19-,20-/m0/s1. The van der Waals surface area contributed by atoms with E-state index in [1.165, 1.54) is 0 Å². The first kappa shape index (κ1) is 18.2. The van der Waals surface area contributed by atoms with E-state index < -0.39 is 5.97 Å². The SMILES string of the molecule is C[C@@H](CC[C@@]1(C)[C@H](C)CC[C@@]2(C)C(C=O)=CCC[C@@H]12)CC(=O)O. The van der Waals surface area contributed by atoms with Crippen molar-refractivity contribution in [2.45, 2.75) is 72.6 Å². The van der Waals surface area contributed by atoms with Crippen molar-refractivity contribution in [3.8, 4) is 0 Å². The molecule has 0 aliphatic heterocycles. The molecule has 23 heavy (non-hydrogen) atoms. The van der Waals surface area contributed by atoms with E-state index in [0.717, 1.165) is 50.4 Å².